The first-order valence-corrected chi connectivity index (χ1v) is 8.56. The number of hydrogen-bond donors (Lipinski definition) is 1. The molecule has 3 aromatic heterocycles. The lowest BCUT2D eigenvalue weighted by molar-refractivity contribution is 0.617. The first kappa shape index (κ1) is 15.2. The van der Waals surface area contributed by atoms with Crippen LogP contribution < -0.4 is 5.32 Å². The summed E-state index contributed by atoms with van der Waals surface area (Å²) in [5.74, 6) is 0.331. The van der Waals surface area contributed by atoms with Crippen LogP contribution in [0.4, 0.5) is 4.39 Å². The number of benzene rings is 1. The van der Waals surface area contributed by atoms with Crippen LogP contribution >= 0.6 is 0 Å². The standard InChI is InChI=1S/C19H17FN6/c1-25-9-7-14-17(12-2-4-13(20)5-3-12)23-19(24-18(14)25)26-11-22-15-10-21-8-6-16(15)26/h2-5,7,9,11,21H,6,8,10H2,1H3. The number of rotatable bonds is 2. The maximum atomic E-state index is 13.4. The van der Waals surface area contributed by atoms with Crippen molar-refractivity contribution in [2.75, 3.05) is 6.54 Å². The van der Waals surface area contributed by atoms with Crippen molar-refractivity contribution in [3.63, 3.8) is 0 Å². The molecule has 0 saturated carbocycles. The van der Waals surface area contributed by atoms with E-state index in [0.29, 0.717) is 5.95 Å². The maximum absolute atomic E-state index is 13.4. The number of hydrogen-bond acceptors (Lipinski definition) is 4. The Hall–Kier alpha value is -3.06. The first-order valence-electron chi connectivity index (χ1n) is 8.56. The summed E-state index contributed by atoms with van der Waals surface area (Å²) in [6.45, 7) is 1.68. The van der Waals surface area contributed by atoms with Crippen LogP contribution in [0.2, 0.25) is 0 Å². The van der Waals surface area contributed by atoms with Gasteiger partial charge in [0.2, 0.25) is 5.95 Å². The van der Waals surface area contributed by atoms with Gasteiger partial charge in [0.05, 0.1) is 17.1 Å². The van der Waals surface area contributed by atoms with Gasteiger partial charge in [0.25, 0.3) is 0 Å². The molecule has 0 saturated heterocycles. The van der Waals surface area contributed by atoms with Gasteiger partial charge in [-0.1, -0.05) is 0 Å². The van der Waals surface area contributed by atoms with E-state index in [2.05, 4.69) is 10.3 Å². The summed E-state index contributed by atoms with van der Waals surface area (Å²) in [7, 11) is 1.96. The second-order valence-corrected chi connectivity index (χ2v) is 6.48. The Bertz CT molecular complexity index is 1110. The Balaban J connectivity index is 1.75. The van der Waals surface area contributed by atoms with E-state index in [1.54, 1.807) is 18.5 Å². The molecular formula is C19H17FN6. The number of fused-ring (bicyclic) bond motifs is 2. The third kappa shape index (κ3) is 2.32. The maximum Gasteiger partial charge on any atom is 0.237 e. The van der Waals surface area contributed by atoms with Crippen LogP contribution in [0.15, 0.2) is 42.9 Å². The van der Waals surface area contributed by atoms with E-state index in [1.807, 2.05) is 28.4 Å². The fourth-order valence-corrected chi connectivity index (χ4v) is 3.47. The van der Waals surface area contributed by atoms with Crippen LogP contribution in [-0.2, 0) is 20.0 Å². The number of aryl methyl sites for hydroxylation is 1. The van der Waals surface area contributed by atoms with Crippen LogP contribution in [0, 0.1) is 5.82 Å². The second kappa shape index (κ2) is 5.74. The minimum Gasteiger partial charge on any atom is -0.335 e. The molecule has 1 aliphatic heterocycles. The lowest BCUT2D eigenvalue weighted by atomic mass is 10.1. The van der Waals surface area contributed by atoms with Crippen molar-refractivity contribution in [1.29, 1.82) is 0 Å². The average Bonchev–Trinajstić information content (AvgIpc) is 3.26. The summed E-state index contributed by atoms with van der Waals surface area (Å²) >= 11 is 0. The Kier molecular flexibility index (Phi) is 3.36. The minimum atomic E-state index is -0.261. The normalized spacial score (nSPS) is 13.9. The van der Waals surface area contributed by atoms with E-state index in [1.165, 1.54) is 12.1 Å². The van der Waals surface area contributed by atoms with Gasteiger partial charge in [-0.2, -0.15) is 4.98 Å². The molecule has 0 spiro atoms. The predicted molar refractivity (Wildman–Crippen MR) is 96.4 cm³/mol. The van der Waals surface area contributed by atoms with Gasteiger partial charge in [-0.15, -0.1) is 0 Å². The summed E-state index contributed by atoms with van der Waals surface area (Å²) in [5.41, 5.74) is 4.67. The fourth-order valence-electron chi connectivity index (χ4n) is 3.47. The van der Waals surface area contributed by atoms with Crippen LogP contribution in [0.1, 0.15) is 11.4 Å². The lowest BCUT2D eigenvalue weighted by Crippen LogP contribution is -2.25. The van der Waals surface area contributed by atoms with E-state index in [4.69, 9.17) is 9.97 Å². The van der Waals surface area contributed by atoms with Crippen molar-refractivity contribution < 1.29 is 4.39 Å². The smallest absolute Gasteiger partial charge is 0.237 e. The summed E-state index contributed by atoms with van der Waals surface area (Å²) in [5, 5.41) is 4.27. The molecule has 0 atom stereocenters. The Morgan fingerprint density at radius 3 is 2.81 bits per heavy atom. The van der Waals surface area contributed by atoms with Gasteiger partial charge >= 0.3 is 0 Å². The SMILES string of the molecule is Cn1ccc2c(-c3ccc(F)cc3)nc(-n3cnc4c3CCNC4)nc21. The van der Waals surface area contributed by atoms with Crippen molar-refractivity contribution in [2.24, 2.45) is 7.05 Å². The van der Waals surface area contributed by atoms with E-state index < -0.39 is 0 Å². The van der Waals surface area contributed by atoms with Crippen LogP contribution in [-0.4, -0.2) is 30.6 Å². The second-order valence-electron chi connectivity index (χ2n) is 6.48. The summed E-state index contributed by atoms with van der Waals surface area (Å²) in [6.07, 6.45) is 4.63. The summed E-state index contributed by atoms with van der Waals surface area (Å²) in [4.78, 5) is 14.1. The molecule has 0 amide bonds. The number of nitrogens with one attached hydrogen (secondary N) is 1. The van der Waals surface area contributed by atoms with E-state index in [0.717, 1.165) is 53.2 Å². The topological polar surface area (TPSA) is 60.6 Å². The molecule has 5 rings (SSSR count). The molecule has 0 unspecified atom stereocenters. The quantitative estimate of drug-likeness (QED) is 0.605. The Morgan fingerprint density at radius 1 is 1.12 bits per heavy atom. The van der Waals surface area contributed by atoms with Crippen molar-refractivity contribution in [2.45, 2.75) is 13.0 Å². The van der Waals surface area contributed by atoms with E-state index >= 15 is 0 Å². The van der Waals surface area contributed by atoms with Gasteiger partial charge in [0.15, 0.2) is 0 Å². The minimum absolute atomic E-state index is 0.261. The summed E-state index contributed by atoms with van der Waals surface area (Å²) < 4.78 is 17.3. The van der Waals surface area contributed by atoms with Gasteiger partial charge in [-0.3, -0.25) is 4.57 Å². The van der Waals surface area contributed by atoms with Gasteiger partial charge in [0.1, 0.15) is 17.8 Å². The van der Waals surface area contributed by atoms with Crippen molar-refractivity contribution in [3.05, 3.63) is 60.1 Å². The molecule has 6 nitrogen and oxygen atoms in total. The van der Waals surface area contributed by atoms with Crippen LogP contribution in [0.3, 0.4) is 0 Å². The molecule has 0 radical (unpaired) electrons. The summed E-state index contributed by atoms with van der Waals surface area (Å²) in [6, 6.07) is 8.40. The highest BCUT2D eigenvalue weighted by Gasteiger charge is 2.19. The van der Waals surface area contributed by atoms with Crippen LogP contribution in [0.5, 0.6) is 0 Å². The molecule has 1 aromatic carbocycles. The Morgan fingerprint density at radius 2 is 1.96 bits per heavy atom. The average molecular weight is 348 g/mol. The molecule has 26 heavy (non-hydrogen) atoms. The zero-order valence-electron chi connectivity index (χ0n) is 14.3. The molecule has 1 N–H and O–H groups in total. The van der Waals surface area contributed by atoms with Crippen LogP contribution in [0.25, 0.3) is 28.2 Å². The molecule has 0 bridgehead atoms. The van der Waals surface area contributed by atoms with Crippen molar-refractivity contribution in [3.8, 4) is 17.2 Å². The molecule has 1 aliphatic rings. The highest BCUT2D eigenvalue weighted by molar-refractivity contribution is 5.91. The molecule has 4 heterocycles. The zero-order chi connectivity index (χ0) is 17.7. The van der Waals surface area contributed by atoms with E-state index in [9.17, 15) is 4.39 Å². The predicted octanol–water partition coefficient (Wildman–Crippen LogP) is 2.61. The molecular weight excluding hydrogens is 331 g/mol. The van der Waals surface area contributed by atoms with Gasteiger partial charge in [-0.25, -0.2) is 14.4 Å². The van der Waals surface area contributed by atoms with Crippen molar-refractivity contribution >= 4 is 11.0 Å². The third-order valence-corrected chi connectivity index (χ3v) is 4.83. The highest BCUT2D eigenvalue weighted by atomic mass is 19.1. The highest BCUT2D eigenvalue weighted by Crippen LogP contribution is 2.28. The zero-order valence-corrected chi connectivity index (χ0v) is 14.3. The van der Waals surface area contributed by atoms with Gasteiger partial charge in [0, 0.05) is 43.7 Å². The van der Waals surface area contributed by atoms with Gasteiger partial charge in [-0.05, 0) is 30.3 Å². The van der Waals surface area contributed by atoms with Crippen molar-refractivity contribution in [1.82, 2.24) is 29.4 Å². The van der Waals surface area contributed by atoms with Gasteiger partial charge < -0.3 is 9.88 Å². The molecule has 0 aliphatic carbocycles. The Labute approximate surface area is 149 Å². The molecule has 4 aromatic rings. The number of halogens is 1. The largest absolute Gasteiger partial charge is 0.335 e. The number of nitrogens with zero attached hydrogens (tertiary/aromatic N) is 5. The molecule has 0 fully saturated rings. The molecule has 7 heteroatoms. The third-order valence-electron chi connectivity index (χ3n) is 4.83. The van der Waals surface area contributed by atoms with E-state index in [-0.39, 0.29) is 5.82 Å². The lowest BCUT2D eigenvalue weighted by Gasteiger charge is -2.15. The number of imidazole rings is 1. The first-order chi connectivity index (χ1) is 12.7. The molecule has 130 valence electrons. The fraction of sp³-hybridized carbons (Fsp3) is 0.211. The monoisotopic (exact) mass is 348 g/mol. The number of aromatic nitrogens is 5.